The van der Waals surface area contributed by atoms with Crippen molar-refractivity contribution >= 4 is 17.7 Å². The maximum atomic E-state index is 12.4. The van der Waals surface area contributed by atoms with Crippen molar-refractivity contribution < 1.29 is 14.7 Å². The molecule has 20 heavy (non-hydrogen) atoms. The predicted molar refractivity (Wildman–Crippen MR) is 73.0 cm³/mol. The molecule has 104 valence electrons. The second-order valence-electron chi connectivity index (χ2n) is 5.55. The van der Waals surface area contributed by atoms with Crippen molar-refractivity contribution in [3.63, 3.8) is 0 Å². The third kappa shape index (κ3) is 2.09. The van der Waals surface area contributed by atoms with Crippen molar-refractivity contribution in [3.8, 4) is 0 Å². The van der Waals surface area contributed by atoms with Gasteiger partial charge in [-0.3, -0.25) is 9.59 Å². The average molecular weight is 272 g/mol. The van der Waals surface area contributed by atoms with Crippen molar-refractivity contribution in [2.24, 2.45) is 23.7 Å². The van der Waals surface area contributed by atoms with Crippen LogP contribution in [0.25, 0.3) is 0 Å². The normalized spacial score (nSPS) is 30.4. The highest BCUT2D eigenvalue weighted by atomic mass is 16.4. The molecule has 1 aromatic rings. The summed E-state index contributed by atoms with van der Waals surface area (Å²) in [6, 6.07) is 3.62. The lowest BCUT2D eigenvalue weighted by atomic mass is 9.82. The van der Waals surface area contributed by atoms with E-state index in [1.54, 1.807) is 12.3 Å². The Labute approximate surface area is 116 Å². The van der Waals surface area contributed by atoms with Gasteiger partial charge >= 0.3 is 5.97 Å². The lowest BCUT2D eigenvalue weighted by Crippen LogP contribution is -2.36. The number of aliphatic carboxylic acids is 1. The zero-order valence-corrected chi connectivity index (χ0v) is 11.1. The summed E-state index contributed by atoms with van der Waals surface area (Å²) in [7, 11) is 0. The van der Waals surface area contributed by atoms with Gasteiger partial charge in [-0.25, -0.2) is 4.98 Å². The van der Waals surface area contributed by atoms with Crippen LogP contribution in [0, 0.1) is 30.6 Å². The van der Waals surface area contributed by atoms with E-state index in [9.17, 15) is 14.7 Å². The molecular formula is C15H16N2O3. The third-order valence-corrected chi connectivity index (χ3v) is 4.21. The van der Waals surface area contributed by atoms with Crippen molar-refractivity contribution in [2.75, 3.05) is 5.32 Å². The van der Waals surface area contributed by atoms with Gasteiger partial charge in [-0.2, -0.15) is 0 Å². The minimum Gasteiger partial charge on any atom is -0.481 e. The molecule has 1 aromatic heterocycles. The summed E-state index contributed by atoms with van der Waals surface area (Å²) in [6.07, 6.45) is 6.28. The summed E-state index contributed by atoms with van der Waals surface area (Å²) >= 11 is 0. The number of rotatable bonds is 3. The van der Waals surface area contributed by atoms with Gasteiger partial charge in [0.2, 0.25) is 5.91 Å². The Morgan fingerprint density at radius 1 is 1.30 bits per heavy atom. The molecule has 0 unspecified atom stereocenters. The molecule has 1 amide bonds. The van der Waals surface area contributed by atoms with Gasteiger partial charge in [0.15, 0.2) is 0 Å². The summed E-state index contributed by atoms with van der Waals surface area (Å²) < 4.78 is 0. The first-order chi connectivity index (χ1) is 9.56. The average Bonchev–Trinajstić information content (AvgIpc) is 2.98. The van der Waals surface area contributed by atoms with Gasteiger partial charge < -0.3 is 10.4 Å². The molecule has 2 aliphatic carbocycles. The van der Waals surface area contributed by atoms with E-state index >= 15 is 0 Å². The Morgan fingerprint density at radius 3 is 2.65 bits per heavy atom. The zero-order chi connectivity index (χ0) is 14.3. The summed E-state index contributed by atoms with van der Waals surface area (Å²) in [5, 5.41) is 12.1. The zero-order valence-electron chi connectivity index (χ0n) is 11.1. The third-order valence-electron chi connectivity index (χ3n) is 4.21. The number of anilines is 1. The molecule has 5 heteroatoms. The number of hydrogen-bond donors (Lipinski definition) is 2. The molecule has 0 radical (unpaired) electrons. The van der Waals surface area contributed by atoms with Gasteiger partial charge in [0, 0.05) is 6.20 Å². The number of hydrogen-bond acceptors (Lipinski definition) is 3. The van der Waals surface area contributed by atoms with Crippen LogP contribution in [0.2, 0.25) is 0 Å². The summed E-state index contributed by atoms with van der Waals surface area (Å²) in [4.78, 5) is 27.9. The molecule has 4 atom stereocenters. The van der Waals surface area contributed by atoms with Gasteiger partial charge in [0.05, 0.1) is 11.8 Å². The van der Waals surface area contributed by atoms with E-state index < -0.39 is 17.8 Å². The maximum absolute atomic E-state index is 12.4. The Bertz CT molecular complexity index is 597. The van der Waals surface area contributed by atoms with E-state index in [-0.39, 0.29) is 17.7 Å². The fourth-order valence-electron chi connectivity index (χ4n) is 3.33. The summed E-state index contributed by atoms with van der Waals surface area (Å²) in [6.45, 7) is 1.91. The Kier molecular flexibility index (Phi) is 3.04. The smallest absolute Gasteiger partial charge is 0.307 e. The molecule has 0 aromatic carbocycles. The van der Waals surface area contributed by atoms with E-state index in [4.69, 9.17) is 0 Å². The Hall–Kier alpha value is -2.17. The van der Waals surface area contributed by atoms with Crippen molar-refractivity contribution in [1.82, 2.24) is 4.98 Å². The van der Waals surface area contributed by atoms with Crippen LogP contribution in [-0.4, -0.2) is 22.0 Å². The van der Waals surface area contributed by atoms with Crippen LogP contribution in [0.3, 0.4) is 0 Å². The number of nitrogens with one attached hydrogen (secondary N) is 1. The van der Waals surface area contributed by atoms with Crippen LogP contribution in [0.5, 0.6) is 0 Å². The quantitative estimate of drug-likeness (QED) is 0.823. The van der Waals surface area contributed by atoms with Crippen molar-refractivity contribution in [3.05, 3.63) is 36.0 Å². The van der Waals surface area contributed by atoms with E-state index in [2.05, 4.69) is 10.3 Å². The van der Waals surface area contributed by atoms with Crippen LogP contribution in [0.15, 0.2) is 30.5 Å². The first-order valence-electron chi connectivity index (χ1n) is 6.71. The first kappa shape index (κ1) is 12.8. The fraction of sp³-hybridized carbons (Fsp3) is 0.400. The molecule has 0 aliphatic heterocycles. The van der Waals surface area contributed by atoms with Gasteiger partial charge in [0.25, 0.3) is 0 Å². The molecule has 3 rings (SSSR count). The van der Waals surface area contributed by atoms with E-state index in [1.807, 2.05) is 25.1 Å². The molecule has 2 aliphatic rings. The lowest BCUT2D eigenvalue weighted by Gasteiger charge is -2.23. The van der Waals surface area contributed by atoms with Crippen molar-refractivity contribution in [1.29, 1.82) is 0 Å². The van der Waals surface area contributed by atoms with Crippen LogP contribution in [0.1, 0.15) is 12.0 Å². The number of carboxylic acid groups (broad SMARTS) is 1. The number of pyridine rings is 1. The van der Waals surface area contributed by atoms with Gasteiger partial charge in [-0.15, -0.1) is 0 Å². The molecule has 2 bridgehead atoms. The molecule has 2 N–H and O–H groups in total. The number of allylic oxidation sites excluding steroid dienone is 2. The van der Waals surface area contributed by atoms with E-state index in [0.717, 1.165) is 12.0 Å². The number of carbonyl (C=O) groups is 2. The summed E-state index contributed by atoms with van der Waals surface area (Å²) in [5.74, 6) is -1.75. The molecular weight excluding hydrogens is 256 g/mol. The molecule has 1 heterocycles. The highest BCUT2D eigenvalue weighted by Crippen LogP contribution is 2.48. The minimum atomic E-state index is -0.890. The van der Waals surface area contributed by atoms with E-state index in [0.29, 0.717) is 5.82 Å². The number of fused-ring (bicyclic) bond motifs is 2. The number of carbonyl (C=O) groups excluding carboxylic acids is 1. The number of aryl methyl sites for hydroxylation is 1. The second-order valence-corrected chi connectivity index (χ2v) is 5.55. The number of nitrogens with zero attached hydrogens (tertiary/aromatic N) is 1. The van der Waals surface area contributed by atoms with Crippen LogP contribution in [0.4, 0.5) is 5.82 Å². The Morgan fingerprint density at radius 2 is 2.00 bits per heavy atom. The lowest BCUT2D eigenvalue weighted by molar-refractivity contribution is -0.146. The number of carboxylic acids is 1. The minimum absolute atomic E-state index is 0.0151. The molecule has 0 spiro atoms. The van der Waals surface area contributed by atoms with Crippen molar-refractivity contribution in [2.45, 2.75) is 13.3 Å². The van der Waals surface area contributed by atoms with Crippen LogP contribution >= 0.6 is 0 Å². The maximum Gasteiger partial charge on any atom is 0.307 e. The van der Waals surface area contributed by atoms with Gasteiger partial charge in [-0.1, -0.05) is 12.2 Å². The largest absolute Gasteiger partial charge is 0.481 e. The Balaban J connectivity index is 1.80. The summed E-state index contributed by atoms with van der Waals surface area (Å²) in [5.41, 5.74) is 0.998. The second kappa shape index (κ2) is 4.74. The molecule has 1 saturated carbocycles. The van der Waals surface area contributed by atoms with Crippen LogP contribution < -0.4 is 5.32 Å². The van der Waals surface area contributed by atoms with Gasteiger partial charge in [0.1, 0.15) is 5.82 Å². The predicted octanol–water partition coefficient (Wildman–Crippen LogP) is 1.85. The van der Waals surface area contributed by atoms with Gasteiger partial charge in [-0.05, 0) is 42.9 Å². The standard InChI is InChI=1S/C15H16N2O3/c1-8-4-5-16-11(6-8)17-14(18)12-9-2-3-10(7-9)13(12)15(19)20/h2-6,9-10,12-13H,7H2,1H3,(H,19,20)(H,16,17,18)/t9-,10+,12+,13+/m0/s1. The SMILES string of the molecule is Cc1ccnc(NC(=O)[C@H]2[C@H](C(=O)O)[C@@H]3C=C[C@H]2C3)c1. The van der Waals surface area contributed by atoms with E-state index in [1.165, 1.54) is 0 Å². The fourth-order valence-corrected chi connectivity index (χ4v) is 3.33. The number of amides is 1. The number of aromatic nitrogens is 1. The first-order valence-corrected chi connectivity index (χ1v) is 6.71. The monoisotopic (exact) mass is 272 g/mol. The molecule has 0 saturated heterocycles. The van der Waals surface area contributed by atoms with Crippen LogP contribution in [-0.2, 0) is 9.59 Å². The molecule has 1 fully saturated rings. The highest BCUT2D eigenvalue weighted by Gasteiger charge is 2.51. The molecule has 5 nitrogen and oxygen atoms in total. The highest BCUT2D eigenvalue weighted by molar-refractivity contribution is 5.95. The topological polar surface area (TPSA) is 79.3 Å².